The van der Waals surface area contributed by atoms with Gasteiger partial charge in [0, 0.05) is 62.7 Å². The molecule has 1 aliphatic rings. The molecule has 25 heavy (non-hydrogen) atoms. The summed E-state index contributed by atoms with van der Waals surface area (Å²) in [7, 11) is 0. The molecule has 1 N–H and O–H groups in total. The van der Waals surface area contributed by atoms with Gasteiger partial charge >= 0.3 is 0 Å². The maximum atomic E-state index is 5.95. The molecule has 0 radical (unpaired) electrons. The molecule has 0 aliphatic carbocycles. The second kappa shape index (κ2) is 11.1. The number of hydrogen-bond donors (Lipinski definition) is 1. The van der Waals surface area contributed by atoms with E-state index in [1.807, 2.05) is 44.3 Å². The minimum Gasteiger partial charge on any atom is -0.369 e. The lowest BCUT2D eigenvalue weighted by atomic mass is 10.2. The van der Waals surface area contributed by atoms with Gasteiger partial charge in [0.2, 0.25) is 0 Å². The van der Waals surface area contributed by atoms with Gasteiger partial charge in [-0.3, -0.25) is 9.88 Å². The van der Waals surface area contributed by atoms with E-state index in [1.165, 1.54) is 5.69 Å². The van der Waals surface area contributed by atoms with Gasteiger partial charge < -0.3 is 10.2 Å². The van der Waals surface area contributed by atoms with E-state index in [4.69, 9.17) is 11.6 Å². The van der Waals surface area contributed by atoms with E-state index in [0.29, 0.717) is 0 Å². The zero-order valence-corrected chi connectivity index (χ0v) is 16.0. The van der Waals surface area contributed by atoms with Crippen molar-refractivity contribution in [1.82, 2.24) is 15.2 Å². The number of aromatic nitrogens is 1. The molecule has 136 valence electrons. The minimum atomic E-state index is 0.798. The number of nitrogens with zero attached hydrogens (tertiary/aromatic N) is 3. The first-order valence-electron chi connectivity index (χ1n) is 9.15. The highest BCUT2D eigenvalue weighted by Gasteiger charge is 2.16. The highest BCUT2D eigenvalue weighted by Crippen LogP contribution is 2.19. The first-order chi connectivity index (χ1) is 12.3. The number of anilines is 1. The van der Waals surface area contributed by atoms with Crippen molar-refractivity contribution in [1.29, 1.82) is 0 Å². The standard InChI is InChI=1S/C18H23ClN4.C2H6/c19-16-4-6-18(7-5-16)23-13-11-22(12-14-23)10-9-20-15-17-3-1-2-8-21-17;1-2/h1-8,20H,9-15H2;1-2H3. The zero-order chi connectivity index (χ0) is 17.9. The summed E-state index contributed by atoms with van der Waals surface area (Å²) < 4.78 is 0. The Kier molecular flexibility index (Phi) is 8.73. The summed E-state index contributed by atoms with van der Waals surface area (Å²) >= 11 is 5.95. The topological polar surface area (TPSA) is 31.4 Å². The van der Waals surface area contributed by atoms with Gasteiger partial charge in [0.25, 0.3) is 0 Å². The quantitative estimate of drug-likeness (QED) is 0.796. The highest BCUT2D eigenvalue weighted by molar-refractivity contribution is 6.30. The smallest absolute Gasteiger partial charge is 0.0541 e. The van der Waals surface area contributed by atoms with E-state index in [1.54, 1.807) is 0 Å². The lowest BCUT2D eigenvalue weighted by molar-refractivity contribution is 0.257. The Balaban J connectivity index is 0.00000109. The molecule has 2 heterocycles. The second-order valence-electron chi connectivity index (χ2n) is 5.80. The van der Waals surface area contributed by atoms with Gasteiger partial charge in [-0.2, -0.15) is 0 Å². The molecule has 1 aliphatic heterocycles. The molecule has 0 amide bonds. The Morgan fingerprint density at radius 2 is 1.72 bits per heavy atom. The van der Waals surface area contributed by atoms with Gasteiger partial charge in [-0.1, -0.05) is 31.5 Å². The second-order valence-corrected chi connectivity index (χ2v) is 6.24. The summed E-state index contributed by atoms with van der Waals surface area (Å²) in [5, 5.41) is 4.26. The van der Waals surface area contributed by atoms with E-state index in [-0.39, 0.29) is 0 Å². The minimum absolute atomic E-state index is 0.798. The van der Waals surface area contributed by atoms with Crippen LogP contribution in [-0.2, 0) is 6.54 Å². The monoisotopic (exact) mass is 360 g/mol. The van der Waals surface area contributed by atoms with Gasteiger partial charge in [-0.15, -0.1) is 0 Å². The Hall–Kier alpha value is -1.62. The molecule has 0 saturated carbocycles. The van der Waals surface area contributed by atoms with Crippen LogP contribution in [0.1, 0.15) is 19.5 Å². The van der Waals surface area contributed by atoms with Gasteiger partial charge in [-0.05, 0) is 36.4 Å². The predicted octanol–water partition coefficient (Wildman–Crippen LogP) is 3.67. The van der Waals surface area contributed by atoms with Crippen molar-refractivity contribution >= 4 is 17.3 Å². The van der Waals surface area contributed by atoms with Crippen molar-refractivity contribution in [2.75, 3.05) is 44.2 Å². The third-order valence-corrected chi connectivity index (χ3v) is 4.45. The lowest BCUT2D eigenvalue weighted by Gasteiger charge is -2.36. The molecule has 0 unspecified atom stereocenters. The first kappa shape index (κ1) is 19.7. The number of hydrogen-bond acceptors (Lipinski definition) is 4. The molecule has 1 aromatic heterocycles. The Morgan fingerprint density at radius 3 is 2.36 bits per heavy atom. The molecule has 5 heteroatoms. The van der Waals surface area contributed by atoms with Crippen LogP contribution in [0.25, 0.3) is 0 Å². The Bertz CT molecular complexity index is 580. The van der Waals surface area contributed by atoms with Crippen LogP contribution < -0.4 is 10.2 Å². The SMILES string of the molecule is CC.Clc1ccc(N2CCN(CCNCc3ccccn3)CC2)cc1. The number of rotatable bonds is 6. The fraction of sp³-hybridized carbons (Fsp3) is 0.450. The number of piperazine rings is 1. The average molecular weight is 361 g/mol. The zero-order valence-electron chi connectivity index (χ0n) is 15.3. The third-order valence-electron chi connectivity index (χ3n) is 4.20. The van der Waals surface area contributed by atoms with Crippen LogP contribution in [0.15, 0.2) is 48.7 Å². The average Bonchev–Trinajstić information content (AvgIpc) is 2.69. The summed E-state index contributed by atoms with van der Waals surface area (Å²) in [6.45, 7) is 11.3. The van der Waals surface area contributed by atoms with E-state index >= 15 is 0 Å². The van der Waals surface area contributed by atoms with Crippen molar-refractivity contribution in [3.63, 3.8) is 0 Å². The molecule has 2 aromatic rings. The molecule has 3 rings (SSSR count). The highest BCUT2D eigenvalue weighted by atomic mass is 35.5. The third kappa shape index (κ3) is 6.65. The Labute approximate surface area is 156 Å². The maximum absolute atomic E-state index is 5.95. The van der Waals surface area contributed by atoms with Crippen molar-refractivity contribution < 1.29 is 0 Å². The van der Waals surface area contributed by atoms with Crippen LogP contribution in [0.2, 0.25) is 5.02 Å². The molecule has 0 spiro atoms. The summed E-state index contributed by atoms with van der Waals surface area (Å²) in [5.74, 6) is 0. The van der Waals surface area contributed by atoms with Crippen LogP contribution in [0.5, 0.6) is 0 Å². The number of pyridine rings is 1. The van der Waals surface area contributed by atoms with E-state index in [0.717, 1.165) is 56.5 Å². The van der Waals surface area contributed by atoms with Crippen LogP contribution in [-0.4, -0.2) is 49.2 Å². The van der Waals surface area contributed by atoms with Gasteiger partial charge in [0.05, 0.1) is 5.69 Å². The molecule has 1 saturated heterocycles. The fourth-order valence-electron chi connectivity index (χ4n) is 2.84. The number of halogens is 1. The summed E-state index contributed by atoms with van der Waals surface area (Å²) in [4.78, 5) is 9.26. The molecule has 0 atom stereocenters. The molecule has 1 fully saturated rings. The van der Waals surface area contributed by atoms with Crippen LogP contribution in [0.3, 0.4) is 0 Å². The number of benzene rings is 1. The largest absolute Gasteiger partial charge is 0.369 e. The van der Waals surface area contributed by atoms with Crippen LogP contribution in [0, 0.1) is 0 Å². The molecule has 1 aromatic carbocycles. The van der Waals surface area contributed by atoms with Crippen LogP contribution >= 0.6 is 11.6 Å². The molecule has 4 nitrogen and oxygen atoms in total. The number of nitrogens with one attached hydrogen (secondary N) is 1. The van der Waals surface area contributed by atoms with Gasteiger partial charge in [-0.25, -0.2) is 0 Å². The summed E-state index contributed by atoms with van der Waals surface area (Å²) in [6, 6.07) is 14.2. The lowest BCUT2D eigenvalue weighted by Crippen LogP contribution is -2.48. The maximum Gasteiger partial charge on any atom is 0.0541 e. The molecule has 0 bridgehead atoms. The van der Waals surface area contributed by atoms with Crippen molar-refractivity contribution in [3.8, 4) is 0 Å². The van der Waals surface area contributed by atoms with Crippen LogP contribution in [0.4, 0.5) is 5.69 Å². The van der Waals surface area contributed by atoms with Crippen molar-refractivity contribution in [2.45, 2.75) is 20.4 Å². The molecular formula is C20H29ClN4. The van der Waals surface area contributed by atoms with E-state index in [2.05, 4.69) is 38.3 Å². The van der Waals surface area contributed by atoms with Gasteiger partial charge in [0.15, 0.2) is 0 Å². The Morgan fingerprint density at radius 1 is 1.00 bits per heavy atom. The fourth-order valence-corrected chi connectivity index (χ4v) is 2.96. The molecular weight excluding hydrogens is 332 g/mol. The van der Waals surface area contributed by atoms with Crippen molar-refractivity contribution in [3.05, 3.63) is 59.4 Å². The summed E-state index contributed by atoms with van der Waals surface area (Å²) in [6.07, 6.45) is 1.84. The summed E-state index contributed by atoms with van der Waals surface area (Å²) in [5.41, 5.74) is 2.36. The first-order valence-corrected chi connectivity index (χ1v) is 9.52. The van der Waals surface area contributed by atoms with Crippen molar-refractivity contribution in [2.24, 2.45) is 0 Å². The normalized spacial score (nSPS) is 14.8. The van der Waals surface area contributed by atoms with E-state index in [9.17, 15) is 0 Å². The predicted molar refractivity (Wildman–Crippen MR) is 107 cm³/mol. The van der Waals surface area contributed by atoms with E-state index < -0.39 is 0 Å². The van der Waals surface area contributed by atoms with Gasteiger partial charge in [0.1, 0.15) is 0 Å².